The zero-order chi connectivity index (χ0) is 12.4. The first-order valence-electron chi connectivity index (χ1n) is 6.57. The second-order valence-corrected chi connectivity index (χ2v) is 4.91. The van der Waals surface area contributed by atoms with Crippen LogP contribution in [-0.4, -0.2) is 21.9 Å². The maximum Gasteiger partial charge on any atom is 0.252 e. The monoisotopic (exact) mass is 243 g/mol. The van der Waals surface area contributed by atoms with Gasteiger partial charge in [0.25, 0.3) is 5.91 Å². The van der Waals surface area contributed by atoms with Gasteiger partial charge in [0.2, 0.25) is 0 Å². The quantitative estimate of drug-likeness (QED) is 0.851. The van der Waals surface area contributed by atoms with Gasteiger partial charge >= 0.3 is 0 Å². The summed E-state index contributed by atoms with van der Waals surface area (Å²) < 4.78 is 0. The third-order valence-corrected chi connectivity index (χ3v) is 3.65. The molecule has 0 atom stereocenters. The van der Waals surface area contributed by atoms with Crippen molar-refractivity contribution in [1.82, 2.24) is 15.3 Å². The van der Waals surface area contributed by atoms with Crippen molar-refractivity contribution < 1.29 is 4.79 Å². The van der Waals surface area contributed by atoms with E-state index < -0.39 is 0 Å². The SMILES string of the molecule is O=C(NC1CCCCC1)c1ccnc2[nH]ccc12. The van der Waals surface area contributed by atoms with E-state index in [1.54, 1.807) is 12.3 Å². The number of nitrogens with one attached hydrogen (secondary N) is 2. The molecule has 1 aliphatic carbocycles. The molecule has 0 spiro atoms. The number of rotatable bonds is 2. The maximum atomic E-state index is 12.3. The summed E-state index contributed by atoms with van der Waals surface area (Å²) in [7, 11) is 0. The van der Waals surface area contributed by atoms with Crippen LogP contribution in [0.15, 0.2) is 24.5 Å². The highest BCUT2D eigenvalue weighted by molar-refractivity contribution is 6.05. The number of hydrogen-bond donors (Lipinski definition) is 2. The average molecular weight is 243 g/mol. The number of nitrogens with zero attached hydrogens (tertiary/aromatic N) is 1. The molecule has 1 saturated carbocycles. The standard InChI is InChI=1S/C14H17N3O/c18-14(17-10-4-2-1-3-5-10)12-7-9-16-13-11(12)6-8-15-13/h6-10H,1-5H2,(H,15,16)(H,17,18). The van der Waals surface area contributed by atoms with E-state index in [0.29, 0.717) is 11.6 Å². The molecule has 0 unspecified atom stereocenters. The number of amides is 1. The Balaban J connectivity index is 1.81. The van der Waals surface area contributed by atoms with Crippen LogP contribution in [0.25, 0.3) is 11.0 Å². The van der Waals surface area contributed by atoms with Crippen LogP contribution in [0.3, 0.4) is 0 Å². The zero-order valence-corrected chi connectivity index (χ0v) is 10.3. The van der Waals surface area contributed by atoms with Gasteiger partial charge in [-0.3, -0.25) is 4.79 Å². The van der Waals surface area contributed by atoms with Crippen molar-refractivity contribution in [3.8, 4) is 0 Å². The molecule has 2 heterocycles. The molecule has 1 amide bonds. The summed E-state index contributed by atoms with van der Waals surface area (Å²) in [5, 5.41) is 4.03. The Kier molecular flexibility index (Phi) is 3.00. The highest BCUT2D eigenvalue weighted by Crippen LogP contribution is 2.19. The Bertz CT molecular complexity index is 555. The van der Waals surface area contributed by atoms with Crippen LogP contribution in [0, 0.1) is 0 Å². The van der Waals surface area contributed by atoms with Crippen LogP contribution in [0.5, 0.6) is 0 Å². The van der Waals surface area contributed by atoms with Gasteiger partial charge in [-0.05, 0) is 25.0 Å². The molecule has 4 heteroatoms. The van der Waals surface area contributed by atoms with E-state index in [1.807, 2.05) is 12.3 Å². The fraction of sp³-hybridized carbons (Fsp3) is 0.429. The lowest BCUT2D eigenvalue weighted by Crippen LogP contribution is -2.36. The summed E-state index contributed by atoms with van der Waals surface area (Å²) in [6.45, 7) is 0. The molecule has 0 aromatic carbocycles. The third kappa shape index (κ3) is 2.10. The van der Waals surface area contributed by atoms with E-state index in [1.165, 1.54) is 19.3 Å². The summed E-state index contributed by atoms with van der Waals surface area (Å²) in [5.41, 5.74) is 1.48. The third-order valence-electron chi connectivity index (χ3n) is 3.65. The van der Waals surface area contributed by atoms with Gasteiger partial charge in [0, 0.05) is 23.8 Å². The van der Waals surface area contributed by atoms with E-state index in [-0.39, 0.29) is 5.91 Å². The summed E-state index contributed by atoms with van der Waals surface area (Å²) in [6, 6.07) is 4.03. The molecule has 1 aliphatic rings. The van der Waals surface area contributed by atoms with Crippen LogP contribution in [0.2, 0.25) is 0 Å². The van der Waals surface area contributed by atoms with Gasteiger partial charge in [0.1, 0.15) is 5.65 Å². The Morgan fingerprint density at radius 1 is 1.28 bits per heavy atom. The Hall–Kier alpha value is -1.84. The fourth-order valence-electron chi connectivity index (χ4n) is 2.67. The topological polar surface area (TPSA) is 57.8 Å². The largest absolute Gasteiger partial charge is 0.349 e. The molecular formula is C14H17N3O. The summed E-state index contributed by atoms with van der Waals surface area (Å²) in [5.74, 6) is 0.0221. The number of pyridine rings is 1. The number of aromatic nitrogens is 2. The highest BCUT2D eigenvalue weighted by Gasteiger charge is 2.18. The van der Waals surface area contributed by atoms with Gasteiger partial charge in [-0.1, -0.05) is 19.3 Å². The van der Waals surface area contributed by atoms with Crippen molar-refractivity contribution in [1.29, 1.82) is 0 Å². The lowest BCUT2D eigenvalue weighted by atomic mass is 9.95. The van der Waals surface area contributed by atoms with E-state index in [9.17, 15) is 4.79 Å². The summed E-state index contributed by atoms with van der Waals surface area (Å²) in [4.78, 5) is 19.5. The minimum atomic E-state index is 0.0221. The molecule has 0 radical (unpaired) electrons. The Morgan fingerprint density at radius 3 is 2.94 bits per heavy atom. The minimum absolute atomic E-state index is 0.0221. The number of aromatic amines is 1. The first kappa shape index (κ1) is 11.3. The van der Waals surface area contributed by atoms with Crippen molar-refractivity contribution in [3.05, 3.63) is 30.1 Å². The lowest BCUT2D eigenvalue weighted by Gasteiger charge is -2.22. The molecule has 0 bridgehead atoms. The van der Waals surface area contributed by atoms with Crippen molar-refractivity contribution in [2.45, 2.75) is 38.1 Å². The lowest BCUT2D eigenvalue weighted by molar-refractivity contribution is 0.0929. The minimum Gasteiger partial charge on any atom is -0.349 e. The van der Waals surface area contributed by atoms with Crippen molar-refractivity contribution in [2.75, 3.05) is 0 Å². The van der Waals surface area contributed by atoms with Gasteiger partial charge in [0.05, 0.1) is 5.56 Å². The predicted molar refractivity (Wildman–Crippen MR) is 70.4 cm³/mol. The summed E-state index contributed by atoms with van der Waals surface area (Å²) in [6.07, 6.45) is 9.44. The molecule has 2 N–H and O–H groups in total. The fourth-order valence-corrected chi connectivity index (χ4v) is 2.67. The van der Waals surface area contributed by atoms with E-state index in [0.717, 1.165) is 23.9 Å². The number of hydrogen-bond acceptors (Lipinski definition) is 2. The molecule has 0 aliphatic heterocycles. The first-order valence-corrected chi connectivity index (χ1v) is 6.57. The predicted octanol–water partition coefficient (Wildman–Crippen LogP) is 2.63. The van der Waals surface area contributed by atoms with E-state index in [4.69, 9.17) is 0 Å². The molecule has 2 aromatic heterocycles. The molecule has 4 nitrogen and oxygen atoms in total. The van der Waals surface area contributed by atoms with Crippen LogP contribution in [0.1, 0.15) is 42.5 Å². The second-order valence-electron chi connectivity index (χ2n) is 4.91. The van der Waals surface area contributed by atoms with Gasteiger partial charge in [-0.25, -0.2) is 4.98 Å². The molecular weight excluding hydrogens is 226 g/mol. The van der Waals surface area contributed by atoms with E-state index >= 15 is 0 Å². The van der Waals surface area contributed by atoms with Gasteiger partial charge in [-0.2, -0.15) is 0 Å². The number of carbonyl (C=O) groups is 1. The van der Waals surface area contributed by atoms with Crippen molar-refractivity contribution in [3.63, 3.8) is 0 Å². The molecule has 18 heavy (non-hydrogen) atoms. The van der Waals surface area contributed by atoms with Gasteiger partial charge < -0.3 is 10.3 Å². The number of carbonyl (C=O) groups excluding carboxylic acids is 1. The highest BCUT2D eigenvalue weighted by atomic mass is 16.1. The van der Waals surface area contributed by atoms with Gasteiger partial charge in [-0.15, -0.1) is 0 Å². The number of H-pyrrole nitrogens is 1. The maximum absolute atomic E-state index is 12.3. The molecule has 2 aromatic rings. The second kappa shape index (κ2) is 4.80. The first-order chi connectivity index (χ1) is 8.84. The van der Waals surface area contributed by atoms with E-state index in [2.05, 4.69) is 15.3 Å². The van der Waals surface area contributed by atoms with Crippen LogP contribution < -0.4 is 5.32 Å². The average Bonchev–Trinajstić information content (AvgIpc) is 2.87. The Labute approximate surface area is 106 Å². The molecule has 94 valence electrons. The zero-order valence-electron chi connectivity index (χ0n) is 10.3. The van der Waals surface area contributed by atoms with Crippen molar-refractivity contribution in [2.24, 2.45) is 0 Å². The molecule has 3 rings (SSSR count). The van der Waals surface area contributed by atoms with Crippen LogP contribution >= 0.6 is 0 Å². The molecule has 0 saturated heterocycles. The van der Waals surface area contributed by atoms with Gasteiger partial charge in [0.15, 0.2) is 0 Å². The van der Waals surface area contributed by atoms with Crippen LogP contribution in [-0.2, 0) is 0 Å². The van der Waals surface area contributed by atoms with Crippen LogP contribution in [0.4, 0.5) is 0 Å². The van der Waals surface area contributed by atoms with Crippen molar-refractivity contribution >= 4 is 16.9 Å². The summed E-state index contributed by atoms with van der Waals surface area (Å²) >= 11 is 0. The molecule has 1 fully saturated rings. The number of fused-ring (bicyclic) bond motifs is 1. The normalized spacial score (nSPS) is 16.9. The smallest absolute Gasteiger partial charge is 0.252 e. The Morgan fingerprint density at radius 2 is 2.11 bits per heavy atom.